The minimum absolute atomic E-state index is 0.0524. The van der Waals surface area contributed by atoms with E-state index in [0.717, 1.165) is 11.1 Å². The average molecular weight is 204 g/mol. The Balaban J connectivity index is 2.85. The summed E-state index contributed by atoms with van der Waals surface area (Å²) in [5.74, 6) is -0.0524. The fourth-order valence-corrected chi connectivity index (χ4v) is 1.25. The molecule has 0 aromatic heterocycles. The SMILES string of the molecule is CNC(=O)Cc1ccccc1CN=[N+]=[N-]. The fourth-order valence-electron chi connectivity index (χ4n) is 1.25. The number of azide groups is 1. The van der Waals surface area contributed by atoms with E-state index >= 15 is 0 Å². The smallest absolute Gasteiger partial charge is 0.224 e. The van der Waals surface area contributed by atoms with Crippen LogP contribution in [0.4, 0.5) is 0 Å². The van der Waals surface area contributed by atoms with Crippen molar-refractivity contribution in [2.45, 2.75) is 13.0 Å². The molecule has 1 N–H and O–H groups in total. The number of benzene rings is 1. The number of carbonyl (C=O) groups excluding carboxylic acids is 1. The first-order valence-electron chi connectivity index (χ1n) is 4.56. The summed E-state index contributed by atoms with van der Waals surface area (Å²) >= 11 is 0. The topological polar surface area (TPSA) is 77.9 Å². The lowest BCUT2D eigenvalue weighted by Gasteiger charge is -2.05. The third-order valence-corrected chi connectivity index (χ3v) is 2.05. The lowest BCUT2D eigenvalue weighted by atomic mass is 10.0. The Bertz CT molecular complexity index is 396. The first kappa shape index (κ1) is 11.1. The van der Waals surface area contributed by atoms with Crippen LogP contribution in [-0.4, -0.2) is 13.0 Å². The molecule has 0 radical (unpaired) electrons. The van der Waals surface area contributed by atoms with Crippen molar-refractivity contribution in [3.63, 3.8) is 0 Å². The van der Waals surface area contributed by atoms with Crippen LogP contribution in [-0.2, 0) is 17.8 Å². The Hall–Kier alpha value is -2.00. The van der Waals surface area contributed by atoms with Gasteiger partial charge in [-0.3, -0.25) is 4.79 Å². The molecule has 5 heteroatoms. The second kappa shape index (κ2) is 5.67. The molecule has 0 saturated heterocycles. The van der Waals surface area contributed by atoms with Crippen LogP contribution in [0.15, 0.2) is 29.4 Å². The van der Waals surface area contributed by atoms with Crippen molar-refractivity contribution in [1.29, 1.82) is 0 Å². The van der Waals surface area contributed by atoms with Gasteiger partial charge in [0.1, 0.15) is 0 Å². The number of hydrogen-bond acceptors (Lipinski definition) is 2. The molecule has 1 rings (SSSR count). The van der Waals surface area contributed by atoms with E-state index in [-0.39, 0.29) is 12.5 Å². The molecular weight excluding hydrogens is 192 g/mol. The highest BCUT2D eigenvalue weighted by molar-refractivity contribution is 5.78. The molecule has 1 aromatic carbocycles. The normalized spacial score (nSPS) is 9.13. The summed E-state index contributed by atoms with van der Waals surface area (Å²) in [7, 11) is 1.60. The summed E-state index contributed by atoms with van der Waals surface area (Å²) in [6.45, 7) is 0.281. The van der Waals surface area contributed by atoms with Gasteiger partial charge in [0.25, 0.3) is 0 Å². The van der Waals surface area contributed by atoms with Gasteiger partial charge in [0.2, 0.25) is 5.91 Å². The minimum Gasteiger partial charge on any atom is -0.359 e. The van der Waals surface area contributed by atoms with Crippen LogP contribution in [0, 0.1) is 0 Å². The number of likely N-dealkylation sites (N-methyl/N-ethyl adjacent to an activating group) is 1. The highest BCUT2D eigenvalue weighted by atomic mass is 16.1. The maximum Gasteiger partial charge on any atom is 0.224 e. The number of hydrogen-bond donors (Lipinski definition) is 1. The van der Waals surface area contributed by atoms with Crippen LogP contribution < -0.4 is 5.32 Å². The van der Waals surface area contributed by atoms with Crippen molar-refractivity contribution >= 4 is 5.91 Å². The quantitative estimate of drug-likeness (QED) is 0.453. The molecule has 0 saturated carbocycles. The molecule has 1 aromatic rings. The van der Waals surface area contributed by atoms with E-state index in [1.165, 1.54) is 0 Å². The van der Waals surface area contributed by atoms with Gasteiger partial charge in [0.15, 0.2) is 0 Å². The maximum absolute atomic E-state index is 11.2. The standard InChI is InChI=1S/C10H12N4O/c1-12-10(15)6-8-4-2-3-5-9(8)7-13-14-11/h2-5H,6-7H2,1H3,(H,12,15). The highest BCUT2D eigenvalue weighted by Gasteiger charge is 2.04. The van der Waals surface area contributed by atoms with E-state index in [1.807, 2.05) is 24.3 Å². The number of nitrogens with zero attached hydrogens (tertiary/aromatic N) is 3. The van der Waals surface area contributed by atoms with E-state index in [4.69, 9.17) is 5.53 Å². The van der Waals surface area contributed by atoms with E-state index < -0.39 is 0 Å². The zero-order valence-electron chi connectivity index (χ0n) is 8.47. The predicted octanol–water partition coefficient (Wildman–Crippen LogP) is 1.79. The van der Waals surface area contributed by atoms with Crippen molar-refractivity contribution in [2.24, 2.45) is 5.11 Å². The van der Waals surface area contributed by atoms with Gasteiger partial charge in [-0.15, -0.1) is 0 Å². The molecule has 0 unspecified atom stereocenters. The molecule has 15 heavy (non-hydrogen) atoms. The second-order valence-corrected chi connectivity index (χ2v) is 3.01. The van der Waals surface area contributed by atoms with Crippen LogP contribution in [0.2, 0.25) is 0 Å². The molecule has 0 aliphatic heterocycles. The fraction of sp³-hybridized carbons (Fsp3) is 0.300. The molecule has 5 nitrogen and oxygen atoms in total. The lowest BCUT2D eigenvalue weighted by molar-refractivity contribution is -0.119. The molecule has 0 aliphatic rings. The van der Waals surface area contributed by atoms with Gasteiger partial charge >= 0.3 is 0 Å². The van der Waals surface area contributed by atoms with Crippen LogP contribution >= 0.6 is 0 Å². The summed E-state index contributed by atoms with van der Waals surface area (Å²) in [4.78, 5) is 13.9. The third kappa shape index (κ3) is 3.32. The van der Waals surface area contributed by atoms with Gasteiger partial charge < -0.3 is 5.32 Å². The molecule has 1 amide bonds. The van der Waals surface area contributed by atoms with Crippen LogP contribution in [0.5, 0.6) is 0 Å². The van der Waals surface area contributed by atoms with Crippen LogP contribution in [0.3, 0.4) is 0 Å². The Morgan fingerprint density at radius 2 is 2.13 bits per heavy atom. The lowest BCUT2D eigenvalue weighted by Crippen LogP contribution is -2.20. The van der Waals surface area contributed by atoms with Crippen molar-refractivity contribution in [1.82, 2.24) is 5.32 Å². The van der Waals surface area contributed by atoms with Gasteiger partial charge in [-0.1, -0.05) is 29.4 Å². The summed E-state index contributed by atoms with van der Waals surface area (Å²) in [5.41, 5.74) is 10.0. The van der Waals surface area contributed by atoms with Gasteiger partial charge in [-0.2, -0.15) is 0 Å². The summed E-state index contributed by atoms with van der Waals surface area (Å²) in [6, 6.07) is 7.43. The third-order valence-electron chi connectivity index (χ3n) is 2.05. The molecule has 0 aliphatic carbocycles. The monoisotopic (exact) mass is 204 g/mol. The summed E-state index contributed by atoms with van der Waals surface area (Å²) in [5, 5.41) is 6.04. The van der Waals surface area contributed by atoms with Crippen LogP contribution in [0.25, 0.3) is 10.4 Å². The first-order chi connectivity index (χ1) is 7.27. The Morgan fingerprint density at radius 3 is 2.73 bits per heavy atom. The molecule has 0 heterocycles. The van der Waals surface area contributed by atoms with E-state index in [1.54, 1.807) is 7.05 Å². The van der Waals surface area contributed by atoms with E-state index in [9.17, 15) is 4.79 Å². The van der Waals surface area contributed by atoms with E-state index in [0.29, 0.717) is 6.42 Å². The van der Waals surface area contributed by atoms with Gasteiger partial charge in [-0.05, 0) is 16.7 Å². The second-order valence-electron chi connectivity index (χ2n) is 3.01. The zero-order chi connectivity index (χ0) is 11.1. The largest absolute Gasteiger partial charge is 0.359 e. The molecule has 0 atom stereocenters. The van der Waals surface area contributed by atoms with E-state index in [2.05, 4.69) is 15.3 Å². The molecular formula is C10H12N4O. The Labute approximate surface area is 87.7 Å². The van der Waals surface area contributed by atoms with Gasteiger partial charge in [-0.25, -0.2) is 0 Å². The number of nitrogens with one attached hydrogen (secondary N) is 1. The minimum atomic E-state index is -0.0524. The average Bonchev–Trinajstić information content (AvgIpc) is 2.28. The van der Waals surface area contributed by atoms with Crippen molar-refractivity contribution in [3.8, 4) is 0 Å². The summed E-state index contributed by atoms with van der Waals surface area (Å²) < 4.78 is 0. The van der Waals surface area contributed by atoms with Gasteiger partial charge in [0.05, 0.1) is 13.0 Å². The van der Waals surface area contributed by atoms with Crippen molar-refractivity contribution < 1.29 is 4.79 Å². The predicted molar refractivity (Wildman–Crippen MR) is 57.1 cm³/mol. The molecule has 78 valence electrons. The van der Waals surface area contributed by atoms with Crippen molar-refractivity contribution in [2.75, 3.05) is 7.05 Å². The number of carbonyl (C=O) groups is 1. The molecule has 0 bridgehead atoms. The molecule has 0 fully saturated rings. The molecule has 0 spiro atoms. The summed E-state index contributed by atoms with van der Waals surface area (Å²) in [6.07, 6.45) is 0.313. The maximum atomic E-state index is 11.2. The van der Waals surface area contributed by atoms with Gasteiger partial charge in [0, 0.05) is 12.0 Å². The Kier molecular flexibility index (Phi) is 4.19. The van der Waals surface area contributed by atoms with Crippen LogP contribution in [0.1, 0.15) is 11.1 Å². The number of amides is 1. The van der Waals surface area contributed by atoms with Crippen molar-refractivity contribution in [3.05, 3.63) is 45.8 Å². The highest BCUT2D eigenvalue weighted by Crippen LogP contribution is 2.10. The Morgan fingerprint density at radius 1 is 1.47 bits per heavy atom. The first-order valence-corrected chi connectivity index (χ1v) is 4.56. The number of rotatable bonds is 4. The zero-order valence-corrected chi connectivity index (χ0v) is 8.47.